The molecule has 0 spiro atoms. The maximum atomic E-state index is 3.86. The van der Waals surface area contributed by atoms with Gasteiger partial charge in [0.1, 0.15) is 0 Å². The summed E-state index contributed by atoms with van der Waals surface area (Å²) in [5.74, 6) is 0.811. The van der Waals surface area contributed by atoms with E-state index < -0.39 is 0 Å². The molecule has 4 heteroatoms. The number of thiophene rings is 1. The lowest BCUT2D eigenvalue weighted by Gasteiger charge is -2.50. The highest BCUT2D eigenvalue weighted by molar-refractivity contribution is 9.10. The van der Waals surface area contributed by atoms with Crippen molar-refractivity contribution < 1.29 is 0 Å². The van der Waals surface area contributed by atoms with E-state index in [4.69, 9.17) is 0 Å². The van der Waals surface area contributed by atoms with Crippen molar-refractivity contribution in [3.8, 4) is 0 Å². The monoisotopic (exact) mass is 372 g/mol. The number of hydrogen-bond donors (Lipinski definition) is 1. The molecule has 1 aromatic heterocycles. The van der Waals surface area contributed by atoms with Gasteiger partial charge in [-0.2, -0.15) is 0 Å². The average molecular weight is 373 g/mol. The minimum atomic E-state index is 0.236. The first-order valence-electron chi connectivity index (χ1n) is 8.15. The van der Waals surface area contributed by atoms with Gasteiger partial charge < -0.3 is 10.2 Å². The molecule has 0 aliphatic heterocycles. The van der Waals surface area contributed by atoms with Gasteiger partial charge in [-0.25, -0.2) is 0 Å². The number of halogens is 1. The maximum absolute atomic E-state index is 3.86. The summed E-state index contributed by atoms with van der Waals surface area (Å²) in [6, 6.07) is 2.61. The molecule has 1 saturated carbocycles. The van der Waals surface area contributed by atoms with E-state index in [1.54, 1.807) is 0 Å². The fourth-order valence-corrected chi connectivity index (χ4v) is 5.60. The molecule has 0 bridgehead atoms. The van der Waals surface area contributed by atoms with E-state index in [2.05, 4.69) is 65.5 Å². The molecule has 1 aliphatic rings. The highest BCUT2D eigenvalue weighted by atomic mass is 79.9. The third-order valence-corrected chi connectivity index (χ3v) is 6.88. The topological polar surface area (TPSA) is 15.3 Å². The van der Waals surface area contributed by atoms with E-state index in [0.29, 0.717) is 6.04 Å². The Morgan fingerprint density at radius 3 is 2.81 bits per heavy atom. The molecule has 1 aliphatic carbocycles. The van der Waals surface area contributed by atoms with Crippen LogP contribution in [0.15, 0.2) is 15.9 Å². The van der Waals surface area contributed by atoms with Crippen LogP contribution in [0.2, 0.25) is 0 Å². The first-order valence-corrected chi connectivity index (χ1v) is 9.82. The third kappa shape index (κ3) is 3.72. The summed E-state index contributed by atoms with van der Waals surface area (Å²) >= 11 is 5.65. The van der Waals surface area contributed by atoms with Crippen LogP contribution < -0.4 is 5.32 Å². The van der Waals surface area contributed by atoms with Gasteiger partial charge in [0.25, 0.3) is 0 Å². The molecule has 2 nitrogen and oxygen atoms in total. The molecule has 1 aromatic rings. The van der Waals surface area contributed by atoms with Crippen LogP contribution in [0.4, 0.5) is 0 Å². The smallest absolute Gasteiger partial charge is 0.0613 e. The molecular formula is C17H29BrN2S. The van der Waals surface area contributed by atoms with Crippen molar-refractivity contribution in [2.75, 3.05) is 20.6 Å². The van der Waals surface area contributed by atoms with Crippen LogP contribution in [-0.4, -0.2) is 31.1 Å². The lowest BCUT2D eigenvalue weighted by molar-refractivity contribution is 0.0377. The molecule has 21 heavy (non-hydrogen) atoms. The standard InChI is InChI=1S/C17H29BrN2S/c1-5-10-19-16(15-14(18)8-11-21-15)17(20(3)4)9-6-7-13(2)12-17/h8,11,13,16,19H,5-7,9-10,12H2,1-4H3. The zero-order valence-corrected chi connectivity index (χ0v) is 16.2. The van der Waals surface area contributed by atoms with Crippen LogP contribution in [0.5, 0.6) is 0 Å². The van der Waals surface area contributed by atoms with Crippen LogP contribution in [0, 0.1) is 5.92 Å². The molecule has 120 valence electrons. The van der Waals surface area contributed by atoms with E-state index in [1.807, 2.05) is 11.3 Å². The second-order valence-corrected chi connectivity index (χ2v) is 8.52. The van der Waals surface area contributed by atoms with Gasteiger partial charge in [0.15, 0.2) is 0 Å². The quantitative estimate of drug-likeness (QED) is 0.750. The molecule has 0 radical (unpaired) electrons. The van der Waals surface area contributed by atoms with Crippen molar-refractivity contribution >= 4 is 27.3 Å². The Morgan fingerprint density at radius 2 is 2.29 bits per heavy atom. The van der Waals surface area contributed by atoms with Crippen molar-refractivity contribution in [3.05, 3.63) is 20.8 Å². The Labute approximate surface area is 142 Å². The molecule has 1 fully saturated rings. The van der Waals surface area contributed by atoms with Crippen molar-refractivity contribution in [2.24, 2.45) is 5.92 Å². The number of rotatable bonds is 6. The van der Waals surface area contributed by atoms with Crippen molar-refractivity contribution in [2.45, 2.75) is 57.5 Å². The first kappa shape index (κ1) is 17.5. The summed E-state index contributed by atoms with van der Waals surface area (Å²) in [5.41, 5.74) is 0.236. The number of hydrogen-bond acceptors (Lipinski definition) is 3. The van der Waals surface area contributed by atoms with Gasteiger partial charge in [0, 0.05) is 14.9 Å². The average Bonchev–Trinajstić information content (AvgIpc) is 2.85. The summed E-state index contributed by atoms with van der Waals surface area (Å²) in [7, 11) is 4.53. The predicted molar refractivity (Wildman–Crippen MR) is 97.1 cm³/mol. The largest absolute Gasteiger partial charge is 0.308 e. The molecular weight excluding hydrogens is 344 g/mol. The first-order chi connectivity index (χ1) is 10.0. The lowest BCUT2D eigenvalue weighted by atomic mass is 9.71. The molecule has 3 atom stereocenters. The number of nitrogens with one attached hydrogen (secondary N) is 1. The van der Waals surface area contributed by atoms with Crippen molar-refractivity contribution in [1.29, 1.82) is 0 Å². The van der Waals surface area contributed by atoms with Gasteiger partial charge >= 0.3 is 0 Å². The van der Waals surface area contributed by atoms with E-state index in [9.17, 15) is 0 Å². The number of likely N-dealkylation sites (N-methyl/N-ethyl adjacent to an activating group) is 1. The fraction of sp³-hybridized carbons (Fsp3) is 0.765. The summed E-state index contributed by atoms with van der Waals surface area (Å²) in [5, 5.41) is 6.07. The zero-order chi connectivity index (χ0) is 15.5. The maximum Gasteiger partial charge on any atom is 0.0613 e. The second kappa shape index (κ2) is 7.58. The van der Waals surface area contributed by atoms with Crippen LogP contribution >= 0.6 is 27.3 Å². The summed E-state index contributed by atoms with van der Waals surface area (Å²) in [6.45, 7) is 5.75. The Morgan fingerprint density at radius 1 is 1.52 bits per heavy atom. The van der Waals surface area contributed by atoms with E-state index >= 15 is 0 Å². The third-order valence-electron chi connectivity index (χ3n) is 4.94. The highest BCUT2D eigenvalue weighted by Crippen LogP contribution is 2.46. The van der Waals surface area contributed by atoms with Crippen LogP contribution in [0.3, 0.4) is 0 Å². The van der Waals surface area contributed by atoms with Gasteiger partial charge in [0.2, 0.25) is 0 Å². The van der Waals surface area contributed by atoms with Gasteiger partial charge in [-0.3, -0.25) is 0 Å². The van der Waals surface area contributed by atoms with Crippen molar-refractivity contribution in [1.82, 2.24) is 10.2 Å². The highest BCUT2D eigenvalue weighted by Gasteiger charge is 2.45. The van der Waals surface area contributed by atoms with E-state index in [0.717, 1.165) is 12.5 Å². The Hall–Kier alpha value is 0.1000. The minimum absolute atomic E-state index is 0.236. The Balaban J connectivity index is 2.38. The van der Waals surface area contributed by atoms with Gasteiger partial charge in [-0.15, -0.1) is 11.3 Å². The summed E-state index contributed by atoms with van der Waals surface area (Å²) in [6.07, 6.45) is 6.47. The van der Waals surface area contributed by atoms with Gasteiger partial charge in [-0.1, -0.05) is 26.7 Å². The normalized spacial score (nSPS) is 28.0. The molecule has 2 rings (SSSR count). The predicted octanol–water partition coefficient (Wildman–Crippen LogP) is 5.06. The van der Waals surface area contributed by atoms with Crippen LogP contribution in [-0.2, 0) is 0 Å². The Kier molecular flexibility index (Phi) is 6.30. The van der Waals surface area contributed by atoms with Crippen molar-refractivity contribution in [3.63, 3.8) is 0 Å². The molecule has 0 saturated heterocycles. The van der Waals surface area contributed by atoms with E-state index in [-0.39, 0.29) is 5.54 Å². The lowest BCUT2D eigenvalue weighted by Crippen LogP contribution is -2.56. The zero-order valence-electron chi connectivity index (χ0n) is 13.8. The van der Waals surface area contributed by atoms with Crippen LogP contribution in [0.25, 0.3) is 0 Å². The SMILES string of the molecule is CCCNC(c1sccc1Br)C1(N(C)C)CCCC(C)C1. The summed E-state index contributed by atoms with van der Waals surface area (Å²) in [4.78, 5) is 3.95. The molecule has 0 amide bonds. The van der Waals surface area contributed by atoms with Crippen LogP contribution in [0.1, 0.15) is 56.9 Å². The molecule has 0 aromatic carbocycles. The van der Waals surface area contributed by atoms with E-state index in [1.165, 1.54) is 41.5 Å². The minimum Gasteiger partial charge on any atom is -0.308 e. The van der Waals surface area contributed by atoms with Gasteiger partial charge in [0.05, 0.1) is 6.04 Å². The molecule has 1 N–H and O–H groups in total. The molecule has 3 unspecified atom stereocenters. The number of nitrogens with zero attached hydrogens (tertiary/aromatic N) is 1. The Bertz CT molecular complexity index is 446. The second-order valence-electron chi connectivity index (χ2n) is 6.72. The fourth-order valence-electron chi connectivity index (χ4n) is 3.82. The molecule has 1 heterocycles. The summed E-state index contributed by atoms with van der Waals surface area (Å²) < 4.78 is 1.26. The van der Waals surface area contributed by atoms with Gasteiger partial charge in [-0.05, 0) is 73.2 Å².